The van der Waals surface area contributed by atoms with Gasteiger partial charge >= 0.3 is 0 Å². The Morgan fingerprint density at radius 2 is 2.20 bits per heavy atom. The van der Waals surface area contributed by atoms with E-state index in [0.717, 1.165) is 22.0 Å². The molecule has 0 radical (unpaired) electrons. The number of benzene rings is 1. The number of hydrogen-bond acceptors (Lipinski definition) is 2. The predicted molar refractivity (Wildman–Crippen MR) is 64.9 cm³/mol. The number of aliphatic hydroxyl groups is 1. The van der Waals surface area contributed by atoms with E-state index >= 15 is 0 Å². The highest BCUT2D eigenvalue weighted by atomic mass is 79.9. The minimum Gasteiger partial charge on any atom is -0.386 e. The lowest BCUT2D eigenvalue weighted by molar-refractivity contribution is 0.0360. The van der Waals surface area contributed by atoms with Crippen LogP contribution in [0.25, 0.3) is 0 Å². The van der Waals surface area contributed by atoms with Crippen molar-refractivity contribution in [3.8, 4) is 0 Å². The van der Waals surface area contributed by atoms with Gasteiger partial charge < -0.3 is 9.84 Å². The Labute approximate surface area is 99.4 Å². The molecule has 1 aromatic rings. The first-order valence-electron chi connectivity index (χ1n) is 5.17. The molecule has 0 aliphatic carbocycles. The molecule has 0 spiro atoms. The Kier molecular flexibility index (Phi) is 5.29. The summed E-state index contributed by atoms with van der Waals surface area (Å²) in [6.45, 7) is 5.11. The van der Waals surface area contributed by atoms with Crippen LogP contribution in [0.15, 0.2) is 22.7 Å². The Hall–Kier alpha value is -0.380. The van der Waals surface area contributed by atoms with Crippen molar-refractivity contribution in [2.75, 3.05) is 13.2 Å². The standard InChI is InChI=1S/C12H17BrO2/c1-3-7-15-8-12(14)10-5-4-6-11(13)9(10)2/h4-6,12,14H,3,7-8H2,1-2H3. The van der Waals surface area contributed by atoms with E-state index in [4.69, 9.17) is 4.74 Å². The second-order valence-corrected chi connectivity index (χ2v) is 4.40. The Morgan fingerprint density at radius 3 is 2.87 bits per heavy atom. The molecule has 0 aliphatic rings. The van der Waals surface area contributed by atoms with Gasteiger partial charge in [0.05, 0.1) is 6.61 Å². The highest BCUT2D eigenvalue weighted by molar-refractivity contribution is 9.10. The minimum absolute atomic E-state index is 0.366. The first kappa shape index (κ1) is 12.7. The molecule has 2 nitrogen and oxygen atoms in total. The van der Waals surface area contributed by atoms with Crippen molar-refractivity contribution < 1.29 is 9.84 Å². The predicted octanol–water partition coefficient (Wildman–Crippen LogP) is 3.22. The summed E-state index contributed by atoms with van der Waals surface area (Å²) < 4.78 is 6.35. The van der Waals surface area contributed by atoms with Crippen molar-refractivity contribution in [1.82, 2.24) is 0 Å². The molecule has 0 saturated carbocycles. The lowest BCUT2D eigenvalue weighted by Gasteiger charge is -2.14. The lowest BCUT2D eigenvalue weighted by atomic mass is 10.0. The van der Waals surface area contributed by atoms with Crippen molar-refractivity contribution in [3.63, 3.8) is 0 Å². The zero-order chi connectivity index (χ0) is 11.3. The molecule has 1 N–H and O–H groups in total. The van der Waals surface area contributed by atoms with E-state index in [1.807, 2.05) is 25.1 Å². The van der Waals surface area contributed by atoms with Gasteiger partial charge in [0.2, 0.25) is 0 Å². The third-order valence-corrected chi connectivity index (χ3v) is 3.15. The summed E-state index contributed by atoms with van der Waals surface area (Å²) in [4.78, 5) is 0. The van der Waals surface area contributed by atoms with Crippen molar-refractivity contribution in [2.45, 2.75) is 26.4 Å². The number of rotatable bonds is 5. The molecule has 0 bridgehead atoms. The van der Waals surface area contributed by atoms with Crippen molar-refractivity contribution in [1.29, 1.82) is 0 Å². The van der Waals surface area contributed by atoms with Gasteiger partial charge in [-0.1, -0.05) is 35.0 Å². The van der Waals surface area contributed by atoms with Gasteiger partial charge in [0.25, 0.3) is 0 Å². The second kappa shape index (κ2) is 6.26. The molecule has 1 unspecified atom stereocenters. The van der Waals surface area contributed by atoms with Crippen LogP contribution in [0.5, 0.6) is 0 Å². The topological polar surface area (TPSA) is 29.5 Å². The Morgan fingerprint density at radius 1 is 1.47 bits per heavy atom. The van der Waals surface area contributed by atoms with E-state index < -0.39 is 6.10 Å². The molecular formula is C12H17BrO2. The van der Waals surface area contributed by atoms with Gasteiger partial charge in [-0.05, 0) is 30.5 Å². The number of hydrogen-bond donors (Lipinski definition) is 1. The summed E-state index contributed by atoms with van der Waals surface area (Å²) >= 11 is 3.44. The molecule has 84 valence electrons. The first-order valence-corrected chi connectivity index (χ1v) is 5.97. The summed E-state index contributed by atoms with van der Waals surface area (Å²) in [6, 6.07) is 5.83. The zero-order valence-corrected chi connectivity index (χ0v) is 10.8. The average molecular weight is 273 g/mol. The molecule has 0 saturated heterocycles. The van der Waals surface area contributed by atoms with Gasteiger partial charge in [0.1, 0.15) is 6.10 Å². The van der Waals surface area contributed by atoms with Crippen LogP contribution in [0, 0.1) is 6.92 Å². The smallest absolute Gasteiger partial charge is 0.103 e. The molecule has 1 aromatic carbocycles. The molecule has 0 aliphatic heterocycles. The lowest BCUT2D eigenvalue weighted by Crippen LogP contribution is -2.09. The van der Waals surface area contributed by atoms with Crippen molar-refractivity contribution in [3.05, 3.63) is 33.8 Å². The summed E-state index contributed by atoms with van der Waals surface area (Å²) in [5, 5.41) is 9.91. The quantitative estimate of drug-likeness (QED) is 0.835. The van der Waals surface area contributed by atoms with Gasteiger partial charge in [-0.15, -0.1) is 0 Å². The van der Waals surface area contributed by atoms with Gasteiger partial charge in [0.15, 0.2) is 0 Å². The van der Waals surface area contributed by atoms with Crippen LogP contribution >= 0.6 is 15.9 Å². The van der Waals surface area contributed by atoms with Crippen molar-refractivity contribution in [2.24, 2.45) is 0 Å². The van der Waals surface area contributed by atoms with Gasteiger partial charge in [-0.2, -0.15) is 0 Å². The fraction of sp³-hybridized carbons (Fsp3) is 0.500. The Balaban J connectivity index is 2.65. The highest BCUT2D eigenvalue weighted by Crippen LogP contribution is 2.24. The summed E-state index contributed by atoms with van der Waals surface area (Å²) in [6.07, 6.45) is 0.443. The van der Waals surface area contributed by atoms with E-state index in [9.17, 15) is 5.11 Å². The van der Waals surface area contributed by atoms with Crippen LogP contribution in [0.2, 0.25) is 0 Å². The van der Waals surface area contributed by atoms with Crippen molar-refractivity contribution >= 4 is 15.9 Å². The molecule has 1 atom stereocenters. The molecule has 0 heterocycles. The normalized spacial score (nSPS) is 12.8. The molecule has 15 heavy (non-hydrogen) atoms. The first-order chi connectivity index (χ1) is 7.16. The number of halogens is 1. The SMILES string of the molecule is CCCOCC(O)c1cccc(Br)c1C. The van der Waals surface area contributed by atoms with Gasteiger partial charge in [-0.25, -0.2) is 0 Å². The fourth-order valence-corrected chi connectivity index (χ4v) is 1.80. The van der Waals surface area contributed by atoms with E-state index in [1.54, 1.807) is 0 Å². The van der Waals surface area contributed by atoms with Crippen LogP contribution in [-0.4, -0.2) is 18.3 Å². The Bertz CT molecular complexity index is 312. The molecule has 1 rings (SSSR count). The fourth-order valence-electron chi connectivity index (χ4n) is 1.41. The largest absolute Gasteiger partial charge is 0.386 e. The molecule has 0 aromatic heterocycles. The minimum atomic E-state index is -0.533. The van der Waals surface area contributed by atoms with Crippen LogP contribution in [0.3, 0.4) is 0 Å². The van der Waals surface area contributed by atoms with Crippen LogP contribution < -0.4 is 0 Å². The summed E-state index contributed by atoms with van der Waals surface area (Å²) in [5.74, 6) is 0. The average Bonchev–Trinajstić information content (AvgIpc) is 2.22. The van der Waals surface area contributed by atoms with E-state index in [0.29, 0.717) is 13.2 Å². The van der Waals surface area contributed by atoms with Crippen LogP contribution in [-0.2, 0) is 4.74 Å². The second-order valence-electron chi connectivity index (χ2n) is 3.54. The molecular weight excluding hydrogens is 256 g/mol. The van der Waals surface area contributed by atoms with Gasteiger partial charge in [0, 0.05) is 11.1 Å². The van der Waals surface area contributed by atoms with E-state index in [2.05, 4.69) is 22.9 Å². The summed E-state index contributed by atoms with van der Waals surface area (Å²) in [5.41, 5.74) is 2.01. The molecule has 0 fully saturated rings. The molecule has 3 heteroatoms. The van der Waals surface area contributed by atoms with Gasteiger partial charge in [-0.3, -0.25) is 0 Å². The maximum atomic E-state index is 9.91. The zero-order valence-electron chi connectivity index (χ0n) is 9.16. The van der Waals surface area contributed by atoms with Crippen LogP contribution in [0.1, 0.15) is 30.6 Å². The third-order valence-electron chi connectivity index (χ3n) is 2.29. The molecule has 0 amide bonds. The monoisotopic (exact) mass is 272 g/mol. The van der Waals surface area contributed by atoms with E-state index in [-0.39, 0.29) is 0 Å². The van der Waals surface area contributed by atoms with E-state index in [1.165, 1.54) is 0 Å². The summed E-state index contributed by atoms with van der Waals surface area (Å²) in [7, 11) is 0. The maximum Gasteiger partial charge on any atom is 0.103 e. The number of ether oxygens (including phenoxy) is 1. The number of aliphatic hydroxyl groups excluding tert-OH is 1. The third kappa shape index (κ3) is 3.59. The maximum absolute atomic E-state index is 9.91. The van der Waals surface area contributed by atoms with Crippen LogP contribution in [0.4, 0.5) is 0 Å². The highest BCUT2D eigenvalue weighted by Gasteiger charge is 2.11.